The number of carboxylic acids is 1. The molecule has 0 bridgehead atoms. The minimum absolute atomic E-state index is 0.0541. The lowest BCUT2D eigenvalue weighted by molar-refractivity contribution is -0.142. The van der Waals surface area contributed by atoms with Crippen molar-refractivity contribution in [2.24, 2.45) is 5.92 Å². The molecule has 0 aliphatic carbocycles. The van der Waals surface area contributed by atoms with Gasteiger partial charge in [-0.05, 0) is 0 Å². The van der Waals surface area contributed by atoms with Gasteiger partial charge < -0.3 is 24.5 Å². The normalized spacial score (nSPS) is 21.4. The van der Waals surface area contributed by atoms with Crippen molar-refractivity contribution < 1.29 is 24.2 Å². The van der Waals surface area contributed by atoms with Crippen LogP contribution in [0, 0.1) is 5.92 Å². The second kappa shape index (κ2) is 6.56. The second-order valence-corrected chi connectivity index (χ2v) is 5.09. The molecule has 114 valence electrons. The van der Waals surface area contributed by atoms with Crippen LogP contribution in [0.15, 0.2) is 0 Å². The summed E-state index contributed by atoms with van der Waals surface area (Å²) in [6.45, 7) is 0.230. The Morgan fingerprint density at radius 3 is 2.25 bits per heavy atom. The first kappa shape index (κ1) is 16.2. The van der Waals surface area contributed by atoms with E-state index in [0.717, 1.165) is 0 Å². The van der Waals surface area contributed by atoms with Gasteiger partial charge in [0, 0.05) is 28.2 Å². The van der Waals surface area contributed by atoms with Crippen LogP contribution in [0.4, 0.5) is 4.79 Å². The molecule has 1 rings (SSSR count). The number of ether oxygens (including phenoxy) is 1. The van der Waals surface area contributed by atoms with Crippen LogP contribution in [0.2, 0.25) is 0 Å². The highest BCUT2D eigenvalue weighted by Crippen LogP contribution is 2.19. The lowest BCUT2D eigenvalue weighted by Gasteiger charge is -2.30. The molecule has 1 aliphatic rings. The maximum Gasteiger partial charge on any atom is 0.320 e. The highest BCUT2D eigenvalue weighted by molar-refractivity contribution is 5.84. The Balaban J connectivity index is 2.66. The summed E-state index contributed by atoms with van der Waals surface area (Å²) in [4.78, 5) is 38.8. The Bertz CT molecular complexity index is 399. The van der Waals surface area contributed by atoms with Gasteiger partial charge in [0.1, 0.15) is 12.5 Å². The van der Waals surface area contributed by atoms with Crippen LogP contribution in [0.1, 0.15) is 0 Å². The van der Waals surface area contributed by atoms with E-state index >= 15 is 0 Å². The summed E-state index contributed by atoms with van der Waals surface area (Å²) >= 11 is 0. The topological polar surface area (TPSA) is 90.4 Å². The number of carbonyl (C=O) groups excluding carboxylic acids is 2. The number of carboxylic acid groups (broad SMARTS) is 1. The van der Waals surface area contributed by atoms with Crippen molar-refractivity contribution in [3.8, 4) is 0 Å². The molecular weight excluding hydrogens is 266 g/mol. The summed E-state index contributed by atoms with van der Waals surface area (Å²) in [5.41, 5.74) is 0. The smallest absolute Gasteiger partial charge is 0.320 e. The van der Waals surface area contributed by atoms with E-state index in [9.17, 15) is 14.4 Å². The standard InChI is InChI=1S/C12H21N3O5/c1-13(2)10(16)5-14(3)12(19)15(4)9-7-20-6-8(9)11(17)18/h8-9H,5-7H2,1-4H3,(H,17,18). The van der Waals surface area contributed by atoms with Gasteiger partial charge in [-0.25, -0.2) is 4.79 Å². The average Bonchev–Trinajstić information content (AvgIpc) is 2.85. The van der Waals surface area contributed by atoms with Gasteiger partial charge in [-0.1, -0.05) is 0 Å². The molecule has 0 saturated carbocycles. The Morgan fingerprint density at radius 1 is 1.15 bits per heavy atom. The van der Waals surface area contributed by atoms with Crippen molar-refractivity contribution in [2.45, 2.75) is 6.04 Å². The number of aliphatic carboxylic acids is 1. The maximum absolute atomic E-state index is 12.2. The molecule has 0 radical (unpaired) electrons. The zero-order valence-electron chi connectivity index (χ0n) is 12.2. The number of urea groups is 1. The average molecular weight is 287 g/mol. The molecule has 3 amide bonds. The molecule has 20 heavy (non-hydrogen) atoms. The van der Waals surface area contributed by atoms with Gasteiger partial charge in [0.2, 0.25) is 5.91 Å². The van der Waals surface area contributed by atoms with Crippen molar-refractivity contribution in [1.29, 1.82) is 0 Å². The van der Waals surface area contributed by atoms with Crippen LogP contribution < -0.4 is 0 Å². The Hall–Kier alpha value is -1.83. The van der Waals surface area contributed by atoms with E-state index in [2.05, 4.69) is 0 Å². The SMILES string of the molecule is CN(C)C(=O)CN(C)C(=O)N(C)C1COCC1C(=O)O. The summed E-state index contributed by atoms with van der Waals surface area (Å²) in [5, 5.41) is 9.08. The Labute approximate surface area is 117 Å². The number of rotatable bonds is 4. The lowest BCUT2D eigenvalue weighted by Crippen LogP contribution is -2.50. The molecule has 8 nitrogen and oxygen atoms in total. The largest absolute Gasteiger partial charge is 0.481 e. The predicted molar refractivity (Wildman–Crippen MR) is 70.2 cm³/mol. The van der Waals surface area contributed by atoms with Gasteiger partial charge in [-0.2, -0.15) is 0 Å². The van der Waals surface area contributed by atoms with E-state index in [1.165, 1.54) is 28.8 Å². The summed E-state index contributed by atoms with van der Waals surface area (Å²) in [6.07, 6.45) is 0. The first-order valence-corrected chi connectivity index (χ1v) is 6.24. The fourth-order valence-electron chi connectivity index (χ4n) is 1.98. The molecular formula is C12H21N3O5. The van der Waals surface area contributed by atoms with Crippen molar-refractivity contribution >= 4 is 17.9 Å². The van der Waals surface area contributed by atoms with Gasteiger partial charge in [-0.3, -0.25) is 9.59 Å². The number of nitrogens with zero attached hydrogens (tertiary/aromatic N) is 3. The van der Waals surface area contributed by atoms with Gasteiger partial charge in [0.25, 0.3) is 0 Å². The molecule has 2 atom stereocenters. The molecule has 2 unspecified atom stereocenters. The zero-order valence-corrected chi connectivity index (χ0v) is 12.2. The number of carbonyl (C=O) groups is 3. The third-order valence-corrected chi connectivity index (χ3v) is 3.36. The molecule has 8 heteroatoms. The summed E-state index contributed by atoms with van der Waals surface area (Å²) in [7, 11) is 6.24. The minimum atomic E-state index is -0.987. The molecule has 1 saturated heterocycles. The fourth-order valence-corrected chi connectivity index (χ4v) is 1.98. The highest BCUT2D eigenvalue weighted by atomic mass is 16.5. The summed E-state index contributed by atoms with van der Waals surface area (Å²) in [6, 6.07) is -0.918. The van der Waals surface area contributed by atoms with E-state index in [-0.39, 0.29) is 25.7 Å². The Kier molecular flexibility index (Phi) is 5.32. The second-order valence-electron chi connectivity index (χ2n) is 5.09. The van der Waals surface area contributed by atoms with E-state index in [1.54, 1.807) is 14.1 Å². The van der Waals surface area contributed by atoms with Crippen molar-refractivity contribution in [3.05, 3.63) is 0 Å². The van der Waals surface area contributed by atoms with E-state index < -0.39 is 24.0 Å². The van der Waals surface area contributed by atoms with Gasteiger partial charge in [0.15, 0.2) is 0 Å². The van der Waals surface area contributed by atoms with E-state index in [4.69, 9.17) is 9.84 Å². The maximum atomic E-state index is 12.2. The summed E-state index contributed by atoms with van der Waals surface area (Å²) < 4.78 is 5.13. The minimum Gasteiger partial charge on any atom is -0.481 e. The van der Waals surface area contributed by atoms with Crippen molar-refractivity contribution in [1.82, 2.24) is 14.7 Å². The molecule has 0 aromatic carbocycles. The first-order chi connectivity index (χ1) is 9.25. The quantitative estimate of drug-likeness (QED) is 0.728. The molecule has 1 heterocycles. The third-order valence-electron chi connectivity index (χ3n) is 3.36. The zero-order chi connectivity index (χ0) is 15.4. The molecule has 0 aromatic rings. The van der Waals surface area contributed by atoms with Crippen LogP contribution in [0.25, 0.3) is 0 Å². The van der Waals surface area contributed by atoms with E-state index in [1.807, 2.05) is 0 Å². The van der Waals surface area contributed by atoms with Gasteiger partial charge in [-0.15, -0.1) is 0 Å². The highest BCUT2D eigenvalue weighted by Gasteiger charge is 2.39. The van der Waals surface area contributed by atoms with Crippen LogP contribution in [-0.4, -0.2) is 91.7 Å². The van der Waals surface area contributed by atoms with Crippen molar-refractivity contribution in [2.75, 3.05) is 47.9 Å². The molecule has 1 N–H and O–H groups in total. The van der Waals surface area contributed by atoms with Crippen molar-refractivity contribution in [3.63, 3.8) is 0 Å². The monoisotopic (exact) mass is 287 g/mol. The molecule has 1 fully saturated rings. The lowest BCUT2D eigenvalue weighted by atomic mass is 10.0. The molecule has 0 aromatic heterocycles. The summed E-state index contributed by atoms with van der Waals surface area (Å²) in [5.74, 6) is -1.92. The van der Waals surface area contributed by atoms with Crippen LogP contribution >= 0.6 is 0 Å². The van der Waals surface area contributed by atoms with Gasteiger partial charge in [0.05, 0.1) is 19.3 Å². The third kappa shape index (κ3) is 3.60. The number of amides is 3. The van der Waals surface area contributed by atoms with Gasteiger partial charge >= 0.3 is 12.0 Å². The number of likely N-dealkylation sites (N-methyl/N-ethyl adjacent to an activating group) is 3. The molecule has 1 aliphatic heterocycles. The fraction of sp³-hybridized carbons (Fsp3) is 0.750. The number of hydrogen-bond acceptors (Lipinski definition) is 4. The predicted octanol–water partition coefficient (Wildman–Crippen LogP) is -0.842. The molecule has 0 spiro atoms. The van der Waals surface area contributed by atoms with Crippen LogP contribution in [-0.2, 0) is 14.3 Å². The number of hydrogen-bond donors (Lipinski definition) is 1. The Morgan fingerprint density at radius 2 is 1.75 bits per heavy atom. The van der Waals surface area contributed by atoms with E-state index in [0.29, 0.717) is 0 Å². The van der Waals surface area contributed by atoms with Crippen LogP contribution in [0.3, 0.4) is 0 Å². The van der Waals surface area contributed by atoms with Crippen LogP contribution in [0.5, 0.6) is 0 Å². The first-order valence-electron chi connectivity index (χ1n) is 6.24.